The Kier molecular flexibility index (Phi) is 3.69. The van der Waals surface area contributed by atoms with Gasteiger partial charge in [-0.1, -0.05) is 6.07 Å². The zero-order valence-corrected chi connectivity index (χ0v) is 10.9. The van der Waals surface area contributed by atoms with Gasteiger partial charge in [-0.25, -0.2) is 4.79 Å². The molecule has 2 N–H and O–H groups in total. The van der Waals surface area contributed by atoms with E-state index >= 15 is 0 Å². The van der Waals surface area contributed by atoms with Crippen LogP contribution >= 0.6 is 0 Å². The largest absolute Gasteiger partial charge is 0.493 e. The van der Waals surface area contributed by atoms with Crippen molar-refractivity contribution in [1.82, 2.24) is 10.6 Å². The lowest BCUT2D eigenvalue weighted by Gasteiger charge is -2.08. The summed E-state index contributed by atoms with van der Waals surface area (Å²) in [5.74, 6) is -0.337. The first-order chi connectivity index (χ1) is 9.49. The van der Waals surface area contributed by atoms with Crippen molar-refractivity contribution in [1.29, 1.82) is 0 Å². The summed E-state index contributed by atoms with van der Waals surface area (Å²) in [6.45, 7) is 1.29. The van der Waals surface area contributed by atoms with E-state index in [0.717, 1.165) is 0 Å². The van der Waals surface area contributed by atoms with E-state index in [2.05, 4.69) is 10.6 Å². The summed E-state index contributed by atoms with van der Waals surface area (Å²) in [4.78, 5) is 33.3. The van der Waals surface area contributed by atoms with Crippen LogP contribution in [0.1, 0.15) is 12.5 Å². The number of amides is 3. The van der Waals surface area contributed by atoms with Gasteiger partial charge in [-0.3, -0.25) is 14.9 Å². The molecular weight excluding hydrogens is 264 g/mol. The van der Waals surface area contributed by atoms with Crippen LogP contribution in [0.5, 0.6) is 11.5 Å². The minimum Gasteiger partial charge on any atom is -0.493 e. The Balaban J connectivity index is 2.30. The van der Waals surface area contributed by atoms with Crippen LogP contribution in [0, 0.1) is 0 Å². The molecule has 0 saturated carbocycles. The Morgan fingerprint density at radius 3 is 2.50 bits per heavy atom. The molecule has 0 spiro atoms. The van der Waals surface area contributed by atoms with Gasteiger partial charge < -0.3 is 14.8 Å². The van der Waals surface area contributed by atoms with E-state index in [0.29, 0.717) is 11.3 Å². The zero-order valence-electron chi connectivity index (χ0n) is 10.9. The maximum absolute atomic E-state index is 11.4. The molecule has 1 fully saturated rings. The van der Waals surface area contributed by atoms with E-state index in [4.69, 9.17) is 9.47 Å². The summed E-state index contributed by atoms with van der Waals surface area (Å²) in [7, 11) is 1.43. The number of benzene rings is 1. The molecular formula is C13H12N2O5. The van der Waals surface area contributed by atoms with Crippen LogP contribution in [0.15, 0.2) is 23.9 Å². The summed E-state index contributed by atoms with van der Waals surface area (Å²) in [6, 6.07) is 4.19. The van der Waals surface area contributed by atoms with E-state index in [1.807, 2.05) is 0 Å². The Hall–Kier alpha value is -2.83. The molecule has 1 aromatic carbocycles. The summed E-state index contributed by atoms with van der Waals surface area (Å²) in [5, 5.41) is 4.47. The van der Waals surface area contributed by atoms with E-state index in [1.54, 1.807) is 18.2 Å². The number of urea groups is 1. The number of carbonyl (C=O) groups excluding carboxylic acids is 3. The van der Waals surface area contributed by atoms with Crippen LogP contribution in [-0.4, -0.2) is 25.0 Å². The quantitative estimate of drug-likeness (QED) is 0.368. The second-order valence-electron chi connectivity index (χ2n) is 3.97. The number of hydrogen-bond acceptors (Lipinski definition) is 5. The molecule has 0 atom stereocenters. The molecule has 1 aromatic rings. The van der Waals surface area contributed by atoms with Crippen molar-refractivity contribution in [3.63, 3.8) is 0 Å². The van der Waals surface area contributed by atoms with Gasteiger partial charge in [0.1, 0.15) is 5.70 Å². The number of hydrogen-bond donors (Lipinski definition) is 2. The second kappa shape index (κ2) is 5.43. The van der Waals surface area contributed by atoms with Gasteiger partial charge in [0.25, 0.3) is 5.91 Å². The third-order valence-corrected chi connectivity index (χ3v) is 2.47. The fraction of sp³-hybridized carbons (Fsp3) is 0.154. The standard InChI is InChI=1S/C13H12N2O5/c1-7(16)20-10-4-3-8(6-11(10)19-2)5-9-12(17)15-13(18)14-9/h3-6H,1-2H3,(H2,14,15,17,18)/b9-5-. The van der Waals surface area contributed by atoms with Crippen LogP contribution in [0.2, 0.25) is 0 Å². The number of imide groups is 1. The lowest BCUT2D eigenvalue weighted by Crippen LogP contribution is -2.22. The predicted octanol–water partition coefficient (Wildman–Crippen LogP) is 0.801. The van der Waals surface area contributed by atoms with Crippen LogP contribution in [-0.2, 0) is 9.59 Å². The highest BCUT2D eigenvalue weighted by Gasteiger charge is 2.22. The molecule has 0 unspecified atom stereocenters. The number of rotatable bonds is 3. The van der Waals surface area contributed by atoms with Crippen molar-refractivity contribution in [2.24, 2.45) is 0 Å². The molecule has 1 aliphatic heterocycles. The first-order valence-corrected chi connectivity index (χ1v) is 5.70. The van der Waals surface area contributed by atoms with Crippen LogP contribution in [0.3, 0.4) is 0 Å². The molecule has 3 amide bonds. The van der Waals surface area contributed by atoms with Gasteiger partial charge in [0.05, 0.1) is 7.11 Å². The number of nitrogens with one attached hydrogen (secondary N) is 2. The number of ether oxygens (including phenoxy) is 2. The van der Waals surface area contributed by atoms with Gasteiger partial charge >= 0.3 is 12.0 Å². The molecule has 0 aliphatic carbocycles. The van der Waals surface area contributed by atoms with Crippen LogP contribution < -0.4 is 20.1 Å². The Morgan fingerprint density at radius 2 is 1.95 bits per heavy atom. The highest BCUT2D eigenvalue weighted by molar-refractivity contribution is 6.14. The average molecular weight is 276 g/mol. The molecule has 2 rings (SSSR count). The Bertz CT molecular complexity index is 621. The van der Waals surface area contributed by atoms with Gasteiger partial charge in [-0.2, -0.15) is 0 Å². The summed E-state index contributed by atoms with van der Waals surface area (Å²) in [6.07, 6.45) is 1.49. The molecule has 7 nitrogen and oxygen atoms in total. The van der Waals surface area contributed by atoms with E-state index in [1.165, 1.54) is 20.1 Å². The summed E-state index contributed by atoms with van der Waals surface area (Å²) < 4.78 is 10.1. The SMILES string of the molecule is COc1cc(/C=C2\NC(=O)NC2=O)ccc1OC(C)=O. The molecule has 1 aliphatic rings. The van der Waals surface area contributed by atoms with E-state index in [-0.39, 0.29) is 11.4 Å². The molecule has 7 heteroatoms. The lowest BCUT2D eigenvalue weighted by atomic mass is 10.1. The fourth-order valence-electron chi connectivity index (χ4n) is 1.66. The van der Waals surface area contributed by atoms with E-state index in [9.17, 15) is 14.4 Å². The van der Waals surface area contributed by atoms with Crippen molar-refractivity contribution in [3.05, 3.63) is 29.5 Å². The highest BCUT2D eigenvalue weighted by Crippen LogP contribution is 2.29. The monoisotopic (exact) mass is 276 g/mol. The third kappa shape index (κ3) is 2.94. The van der Waals surface area contributed by atoms with Gasteiger partial charge in [0.2, 0.25) is 0 Å². The van der Waals surface area contributed by atoms with Crippen molar-refractivity contribution in [2.75, 3.05) is 7.11 Å². The first kappa shape index (κ1) is 13.6. The van der Waals surface area contributed by atoms with Crippen molar-refractivity contribution in [3.8, 4) is 11.5 Å². The fourth-order valence-corrected chi connectivity index (χ4v) is 1.66. The van der Waals surface area contributed by atoms with Crippen LogP contribution in [0.4, 0.5) is 4.79 Å². The second-order valence-corrected chi connectivity index (χ2v) is 3.97. The van der Waals surface area contributed by atoms with Crippen molar-refractivity contribution in [2.45, 2.75) is 6.92 Å². The Morgan fingerprint density at radius 1 is 1.20 bits per heavy atom. The number of methoxy groups -OCH3 is 1. The van der Waals surface area contributed by atoms with Crippen molar-refractivity contribution < 1.29 is 23.9 Å². The molecule has 1 saturated heterocycles. The smallest absolute Gasteiger partial charge is 0.326 e. The van der Waals surface area contributed by atoms with Crippen molar-refractivity contribution >= 4 is 24.0 Å². The third-order valence-electron chi connectivity index (χ3n) is 2.47. The highest BCUT2D eigenvalue weighted by atomic mass is 16.6. The predicted molar refractivity (Wildman–Crippen MR) is 69.0 cm³/mol. The van der Waals surface area contributed by atoms with Gasteiger partial charge in [-0.15, -0.1) is 0 Å². The molecule has 0 radical (unpaired) electrons. The zero-order chi connectivity index (χ0) is 14.7. The topological polar surface area (TPSA) is 93.7 Å². The number of esters is 1. The molecule has 0 aromatic heterocycles. The molecule has 104 valence electrons. The molecule has 1 heterocycles. The lowest BCUT2D eigenvalue weighted by molar-refractivity contribution is -0.132. The average Bonchev–Trinajstić information content (AvgIpc) is 2.69. The van der Waals surface area contributed by atoms with Gasteiger partial charge in [0, 0.05) is 6.92 Å². The minimum atomic E-state index is -0.565. The first-order valence-electron chi connectivity index (χ1n) is 5.70. The van der Waals surface area contributed by atoms with Crippen LogP contribution in [0.25, 0.3) is 6.08 Å². The minimum absolute atomic E-state index is 0.136. The van der Waals surface area contributed by atoms with Gasteiger partial charge in [-0.05, 0) is 23.8 Å². The maximum atomic E-state index is 11.4. The van der Waals surface area contributed by atoms with Gasteiger partial charge in [0.15, 0.2) is 11.5 Å². The Labute approximate surface area is 114 Å². The maximum Gasteiger partial charge on any atom is 0.326 e. The summed E-state index contributed by atoms with van der Waals surface area (Å²) in [5.41, 5.74) is 0.752. The van der Waals surface area contributed by atoms with E-state index < -0.39 is 17.9 Å². The number of carbonyl (C=O) groups is 3. The summed E-state index contributed by atoms with van der Waals surface area (Å²) >= 11 is 0. The molecule has 20 heavy (non-hydrogen) atoms. The molecule has 0 bridgehead atoms. The normalized spacial score (nSPS) is 15.8.